The van der Waals surface area contributed by atoms with Crippen molar-refractivity contribution in [3.05, 3.63) is 54.1 Å². The van der Waals surface area contributed by atoms with Crippen molar-refractivity contribution in [1.82, 2.24) is 4.57 Å². The number of fused-ring (bicyclic) bond motifs is 1. The van der Waals surface area contributed by atoms with Crippen LogP contribution >= 0.6 is 0 Å². The van der Waals surface area contributed by atoms with Gasteiger partial charge in [-0.3, -0.25) is 5.73 Å². The Balaban J connectivity index is 0.00000261. The number of halogens is 1. The molecule has 0 saturated heterocycles. The van der Waals surface area contributed by atoms with E-state index in [9.17, 15) is 5.11 Å². The topological polar surface area (TPSA) is 64.3 Å². The molecule has 2 aromatic carbocycles. The van der Waals surface area contributed by atoms with Crippen LogP contribution in [0.2, 0.25) is 0 Å². The van der Waals surface area contributed by atoms with Gasteiger partial charge in [-0.25, -0.2) is 9.13 Å². The third-order valence-corrected chi connectivity index (χ3v) is 4.68. The Labute approximate surface area is 166 Å². The van der Waals surface area contributed by atoms with Crippen LogP contribution in [0.4, 0.5) is 5.95 Å². The van der Waals surface area contributed by atoms with Gasteiger partial charge in [-0.05, 0) is 43.2 Å². The van der Waals surface area contributed by atoms with Crippen LogP contribution in [0.3, 0.4) is 0 Å². The zero-order valence-electron chi connectivity index (χ0n) is 15.9. The third kappa shape index (κ3) is 4.54. The van der Waals surface area contributed by atoms with Crippen LogP contribution in [0, 0.1) is 0 Å². The van der Waals surface area contributed by atoms with Crippen LogP contribution in [0.1, 0.15) is 38.4 Å². The first-order valence-corrected chi connectivity index (χ1v) is 9.33. The molecule has 0 amide bonds. The summed E-state index contributed by atoms with van der Waals surface area (Å²) in [7, 11) is 0. The molecule has 1 unspecified atom stereocenters. The number of anilines is 1. The molecule has 27 heavy (non-hydrogen) atoms. The normalized spacial score (nSPS) is 12.0. The molecule has 0 aliphatic heterocycles. The van der Waals surface area contributed by atoms with Crippen molar-refractivity contribution in [2.24, 2.45) is 0 Å². The van der Waals surface area contributed by atoms with Gasteiger partial charge in [0.2, 0.25) is 0 Å². The highest BCUT2D eigenvalue weighted by Gasteiger charge is 2.23. The van der Waals surface area contributed by atoms with Crippen LogP contribution in [0.5, 0.6) is 5.75 Å². The molecule has 146 valence electrons. The standard InChI is InChI=1S/C21H27N3O2.ClH/c1-3-5-14-23-18-8-6-7-9-19(18)24(21(23)22)15-20(25)16-10-12-17(13-11-16)26-4-2;/h6-13,20,22,25H,3-5,14-15H2,1-2H3;1H. The third-order valence-electron chi connectivity index (χ3n) is 4.68. The SMILES string of the molecule is CCCCn1c(N)[n+](CC(O)c2ccc(OCC)cc2)c2ccccc21.[Cl-]. The molecule has 0 aliphatic rings. The Bertz CT molecular complexity index is 862. The highest BCUT2D eigenvalue weighted by molar-refractivity contribution is 5.73. The van der Waals surface area contributed by atoms with Gasteiger partial charge in [0.1, 0.15) is 29.4 Å². The molecule has 0 spiro atoms. The van der Waals surface area contributed by atoms with E-state index in [-0.39, 0.29) is 12.4 Å². The molecular formula is C21H28ClN3O2. The molecule has 1 atom stereocenters. The number of imidazole rings is 1. The van der Waals surface area contributed by atoms with Gasteiger partial charge in [0.25, 0.3) is 0 Å². The smallest absolute Gasteiger partial charge is 0.356 e. The minimum absolute atomic E-state index is 0. The fraction of sp³-hybridized carbons (Fsp3) is 0.381. The summed E-state index contributed by atoms with van der Waals surface area (Å²) in [4.78, 5) is 0. The second-order valence-electron chi connectivity index (χ2n) is 6.48. The molecule has 0 bridgehead atoms. The number of aliphatic hydroxyl groups excluding tert-OH is 1. The quantitative estimate of drug-likeness (QED) is 0.550. The van der Waals surface area contributed by atoms with E-state index in [0.29, 0.717) is 19.1 Å². The first kappa shape index (κ1) is 21.1. The average Bonchev–Trinajstić information content (AvgIpc) is 2.92. The second-order valence-corrected chi connectivity index (χ2v) is 6.48. The van der Waals surface area contributed by atoms with Crippen molar-refractivity contribution in [1.29, 1.82) is 0 Å². The van der Waals surface area contributed by atoms with Gasteiger partial charge in [0.05, 0.1) is 13.2 Å². The number of ether oxygens (including phenoxy) is 1. The van der Waals surface area contributed by atoms with Crippen LogP contribution in [0.25, 0.3) is 11.0 Å². The average molecular weight is 390 g/mol. The molecule has 0 fully saturated rings. The molecule has 6 heteroatoms. The van der Waals surface area contributed by atoms with E-state index in [2.05, 4.69) is 23.6 Å². The van der Waals surface area contributed by atoms with Crippen molar-refractivity contribution >= 4 is 17.0 Å². The molecule has 1 aromatic heterocycles. The number of nitrogens with zero attached hydrogens (tertiary/aromatic N) is 2. The van der Waals surface area contributed by atoms with E-state index in [1.165, 1.54) is 0 Å². The Morgan fingerprint density at radius 1 is 1.11 bits per heavy atom. The summed E-state index contributed by atoms with van der Waals surface area (Å²) in [6, 6.07) is 15.8. The molecule has 5 nitrogen and oxygen atoms in total. The second kappa shape index (κ2) is 9.62. The maximum atomic E-state index is 10.7. The maximum absolute atomic E-state index is 10.7. The number of hydrogen-bond donors (Lipinski definition) is 2. The van der Waals surface area contributed by atoms with E-state index in [0.717, 1.165) is 41.7 Å². The minimum atomic E-state index is -0.636. The van der Waals surface area contributed by atoms with E-state index in [1.807, 2.05) is 47.9 Å². The lowest BCUT2D eigenvalue weighted by molar-refractivity contribution is -0.666. The fourth-order valence-corrected chi connectivity index (χ4v) is 3.29. The first-order chi connectivity index (χ1) is 12.7. The Morgan fingerprint density at radius 3 is 2.48 bits per heavy atom. The lowest BCUT2D eigenvalue weighted by Gasteiger charge is -2.11. The lowest BCUT2D eigenvalue weighted by Crippen LogP contribution is -3.00. The number of para-hydroxylation sites is 2. The predicted molar refractivity (Wildman–Crippen MR) is 104 cm³/mol. The van der Waals surface area contributed by atoms with Crippen molar-refractivity contribution < 1.29 is 26.8 Å². The Hall–Kier alpha value is -2.24. The highest BCUT2D eigenvalue weighted by atomic mass is 35.5. The van der Waals surface area contributed by atoms with Gasteiger partial charge in [-0.15, -0.1) is 0 Å². The van der Waals surface area contributed by atoms with Crippen LogP contribution in [-0.2, 0) is 13.1 Å². The summed E-state index contributed by atoms with van der Waals surface area (Å²) < 4.78 is 9.61. The molecule has 3 aromatic rings. The largest absolute Gasteiger partial charge is 1.00 e. The van der Waals surface area contributed by atoms with Crippen molar-refractivity contribution in [3.8, 4) is 5.75 Å². The first-order valence-electron chi connectivity index (χ1n) is 9.33. The van der Waals surface area contributed by atoms with E-state index < -0.39 is 6.10 Å². The summed E-state index contributed by atoms with van der Waals surface area (Å²) in [5.41, 5.74) is 9.45. The minimum Gasteiger partial charge on any atom is -1.00 e. The number of rotatable bonds is 8. The Morgan fingerprint density at radius 2 is 1.81 bits per heavy atom. The number of hydrogen-bond acceptors (Lipinski definition) is 3. The summed E-state index contributed by atoms with van der Waals surface area (Å²) in [6.07, 6.45) is 1.55. The zero-order chi connectivity index (χ0) is 18.5. The molecule has 3 N–H and O–H groups in total. The van der Waals surface area contributed by atoms with Gasteiger partial charge in [0.15, 0.2) is 0 Å². The molecule has 0 saturated carbocycles. The van der Waals surface area contributed by atoms with Crippen LogP contribution in [-0.4, -0.2) is 16.3 Å². The maximum Gasteiger partial charge on any atom is 0.356 e. The molecule has 1 heterocycles. The molecule has 3 rings (SSSR count). The zero-order valence-corrected chi connectivity index (χ0v) is 16.7. The van der Waals surface area contributed by atoms with E-state index in [1.54, 1.807) is 0 Å². The highest BCUT2D eigenvalue weighted by Crippen LogP contribution is 2.21. The number of unbranched alkanes of at least 4 members (excludes halogenated alkanes) is 1. The van der Waals surface area contributed by atoms with Crippen LogP contribution < -0.4 is 27.4 Å². The van der Waals surface area contributed by atoms with E-state index >= 15 is 0 Å². The van der Waals surface area contributed by atoms with Gasteiger partial charge < -0.3 is 22.3 Å². The molecule has 0 aliphatic carbocycles. The summed E-state index contributed by atoms with van der Waals surface area (Å²) in [6.45, 7) is 6.06. The lowest BCUT2D eigenvalue weighted by atomic mass is 10.1. The van der Waals surface area contributed by atoms with Gasteiger partial charge in [0, 0.05) is 0 Å². The monoisotopic (exact) mass is 389 g/mol. The number of aliphatic hydroxyl groups is 1. The van der Waals surface area contributed by atoms with Crippen molar-refractivity contribution in [3.63, 3.8) is 0 Å². The van der Waals surface area contributed by atoms with Gasteiger partial charge in [-0.1, -0.05) is 37.6 Å². The predicted octanol–water partition coefficient (Wildman–Crippen LogP) is 0.447. The number of aryl methyl sites for hydroxylation is 1. The molecule has 0 radical (unpaired) electrons. The number of aromatic nitrogens is 2. The van der Waals surface area contributed by atoms with E-state index in [4.69, 9.17) is 10.5 Å². The number of benzene rings is 2. The number of nitrogen functional groups attached to an aromatic ring is 1. The van der Waals surface area contributed by atoms with Gasteiger partial charge >= 0.3 is 5.95 Å². The Kier molecular flexibility index (Phi) is 7.51. The van der Waals surface area contributed by atoms with Crippen LogP contribution in [0.15, 0.2) is 48.5 Å². The summed E-state index contributed by atoms with van der Waals surface area (Å²) in [5.74, 6) is 1.50. The van der Waals surface area contributed by atoms with Crippen molar-refractivity contribution in [2.75, 3.05) is 12.3 Å². The number of nitrogens with two attached hydrogens (primary N) is 1. The van der Waals surface area contributed by atoms with Gasteiger partial charge in [-0.2, -0.15) is 0 Å². The summed E-state index contributed by atoms with van der Waals surface area (Å²) >= 11 is 0. The molecular weight excluding hydrogens is 362 g/mol. The fourth-order valence-electron chi connectivity index (χ4n) is 3.29. The van der Waals surface area contributed by atoms with Crippen molar-refractivity contribution in [2.45, 2.75) is 45.9 Å². The summed E-state index contributed by atoms with van der Waals surface area (Å²) in [5, 5.41) is 10.7.